The van der Waals surface area contributed by atoms with Crippen molar-refractivity contribution in [3.8, 4) is 11.5 Å². The first kappa shape index (κ1) is 25.0. The fraction of sp³-hybridized carbons (Fsp3) is 0.208. The van der Waals surface area contributed by atoms with E-state index in [9.17, 15) is 22.0 Å². The lowest BCUT2D eigenvalue weighted by Gasteiger charge is -2.13. The fourth-order valence-electron chi connectivity index (χ4n) is 3.15. The number of methoxy groups -OCH3 is 1. The summed E-state index contributed by atoms with van der Waals surface area (Å²) in [6.07, 6.45) is 0. The van der Waals surface area contributed by atoms with Crippen LogP contribution >= 0.6 is 0 Å². The summed E-state index contributed by atoms with van der Waals surface area (Å²) in [6.45, 7) is 0.736. The van der Waals surface area contributed by atoms with Crippen LogP contribution < -0.4 is 19.5 Å². The van der Waals surface area contributed by atoms with Crippen LogP contribution in [0.25, 0.3) is 0 Å². The average molecular weight is 491 g/mol. The summed E-state index contributed by atoms with van der Waals surface area (Å²) in [5, 5.41) is 2.66. The summed E-state index contributed by atoms with van der Waals surface area (Å²) >= 11 is 0. The maximum absolute atomic E-state index is 12.7. The Morgan fingerprint density at radius 2 is 1.71 bits per heavy atom. The van der Waals surface area contributed by atoms with Crippen LogP contribution in [-0.2, 0) is 16.6 Å². The number of sulfonamides is 1. The van der Waals surface area contributed by atoms with Gasteiger partial charge in [-0.05, 0) is 73.0 Å². The normalized spacial score (nSPS) is 11.2. The van der Waals surface area contributed by atoms with Crippen molar-refractivity contribution in [3.05, 3.63) is 82.9 Å². The smallest absolute Gasteiger partial charge is 0.387 e. The van der Waals surface area contributed by atoms with Crippen molar-refractivity contribution < 1.29 is 31.5 Å². The van der Waals surface area contributed by atoms with Gasteiger partial charge in [-0.15, -0.1) is 0 Å². The number of halogens is 2. The molecule has 0 aliphatic heterocycles. The van der Waals surface area contributed by atoms with Gasteiger partial charge in [-0.25, -0.2) is 8.42 Å². The molecule has 0 fully saturated rings. The van der Waals surface area contributed by atoms with Gasteiger partial charge in [0.25, 0.3) is 15.9 Å². The molecule has 3 rings (SSSR count). The first-order valence-electron chi connectivity index (χ1n) is 10.2. The molecule has 10 heteroatoms. The molecule has 0 saturated carbocycles. The highest BCUT2D eigenvalue weighted by Crippen LogP contribution is 2.29. The number of aryl methyl sites for hydroxylation is 1. The van der Waals surface area contributed by atoms with Crippen molar-refractivity contribution in [2.45, 2.75) is 31.9 Å². The average Bonchev–Trinajstić information content (AvgIpc) is 2.80. The molecule has 0 aromatic heterocycles. The Labute approximate surface area is 196 Å². The predicted molar refractivity (Wildman–Crippen MR) is 124 cm³/mol. The standard InChI is InChI=1S/C24H24F2N2O5S/c1-15-5-4-6-20(16(15)2)28-34(30,31)19-10-8-18(9-11-19)23(29)27-14-17-7-12-21(32-3)22(13-17)33-24(25)26/h4-13,24,28H,14H2,1-3H3,(H,27,29). The number of carbonyl (C=O) groups is 1. The van der Waals surface area contributed by atoms with Gasteiger partial charge < -0.3 is 14.8 Å². The number of rotatable bonds is 9. The number of nitrogens with one attached hydrogen (secondary N) is 2. The summed E-state index contributed by atoms with van der Waals surface area (Å²) < 4.78 is 62.6. The minimum absolute atomic E-state index is 0.00824. The zero-order valence-electron chi connectivity index (χ0n) is 18.8. The van der Waals surface area contributed by atoms with Crippen LogP contribution in [0.4, 0.5) is 14.5 Å². The summed E-state index contributed by atoms with van der Waals surface area (Å²) in [5.74, 6) is -0.463. The van der Waals surface area contributed by atoms with Crippen molar-refractivity contribution in [2.24, 2.45) is 0 Å². The first-order chi connectivity index (χ1) is 16.1. The number of alkyl halides is 2. The quantitative estimate of drug-likeness (QED) is 0.456. The van der Waals surface area contributed by atoms with Crippen LogP contribution in [0.1, 0.15) is 27.0 Å². The van der Waals surface area contributed by atoms with E-state index in [1.807, 2.05) is 19.9 Å². The molecule has 0 aliphatic carbocycles. The SMILES string of the molecule is COc1ccc(CNC(=O)c2ccc(S(=O)(=O)Nc3cccc(C)c3C)cc2)cc1OC(F)F. The van der Waals surface area contributed by atoms with E-state index in [0.717, 1.165) is 11.1 Å². The summed E-state index contributed by atoms with van der Waals surface area (Å²) in [4.78, 5) is 12.5. The molecule has 0 heterocycles. The molecule has 0 radical (unpaired) electrons. The van der Waals surface area contributed by atoms with Crippen LogP contribution in [-0.4, -0.2) is 28.0 Å². The van der Waals surface area contributed by atoms with Gasteiger partial charge in [-0.2, -0.15) is 8.78 Å². The van der Waals surface area contributed by atoms with E-state index in [-0.39, 0.29) is 28.5 Å². The molecule has 0 spiro atoms. The van der Waals surface area contributed by atoms with Gasteiger partial charge in [-0.3, -0.25) is 9.52 Å². The van der Waals surface area contributed by atoms with Crippen molar-refractivity contribution in [1.82, 2.24) is 5.32 Å². The van der Waals surface area contributed by atoms with Crippen LogP contribution in [0.2, 0.25) is 0 Å². The van der Waals surface area contributed by atoms with E-state index < -0.39 is 22.5 Å². The van der Waals surface area contributed by atoms with Gasteiger partial charge in [0.15, 0.2) is 11.5 Å². The molecule has 34 heavy (non-hydrogen) atoms. The minimum Gasteiger partial charge on any atom is -0.493 e. The zero-order chi connectivity index (χ0) is 24.9. The van der Waals surface area contributed by atoms with Crippen molar-refractivity contribution in [3.63, 3.8) is 0 Å². The number of hydrogen-bond acceptors (Lipinski definition) is 5. The Kier molecular flexibility index (Phi) is 7.72. The number of carbonyl (C=O) groups excluding carboxylic acids is 1. The third kappa shape index (κ3) is 6.02. The lowest BCUT2D eigenvalue weighted by atomic mass is 10.1. The minimum atomic E-state index is -3.84. The van der Waals surface area contributed by atoms with Gasteiger partial charge in [-0.1, -0.05) is 18.2 Å². The monoisotopic (exact) mass is 490 g/mol. The van der Waals surface area contributed by atoms with E-state index >= 15 is 0 Å². The van der Waals surface area contributed by atoms with E-state index in [0.29, 0.717) is 11.3 Å². The molecule has 2 N–H and O–H groups in total. The van der Waals surface area contributed by atoms with Gasteiger partial charge in [0.2, 0.25) is 0 Å². The van der Waals surface area contributed by atoms with Gasteiger partial charge in [0.05, 0.1) is 17.7 Å². The molecule has 0 unspecified atom stereocenters. The number of amides is 1. The van der Waals surface area contributed by atoms with E-state index in [4.69, 9.17) is 4.74 Å². The Morgan fingerprint density at radius 3 is 2.35 bits per heavy atom. The van der Waals surface area contributed by atoms with Crippen molar-refractivity contribution in [2.75, 3.05) is 11.8 Å². The molecule has 7 nitrogen and oxygen atoms in total. The van der Waals surface area contributed by atoms with Crippen LogP contribution in [0, 0.1) is 13.8 Å². The maximum Gasteiger partial charge on any atom is 0.387 e. The second-order valence-corrected chi connectivity index (χ2v) is 9.11. The van der Waals surface area contributed by atoms with Crippen molar-refractivity contribution >= 4 is 21.6 Å². The van der Waals surface area contributed by atoms with E-state index in [1.54, 1.807) is 18.2 Å². The summed E-state index contributed by atoms with van der Waals surface area (Å²) in [7, 11) is -2.51. The van der Waals surface area contributed by atoms with Crippen LogP contribution in [0.15, 0.2) is 65.6 Å². The Balaban J connectivity index is 1.68. The first-order valence-corrected chi connectivity index (χ1v) is 11.7. The molecule has 0 bridgehead atoms. The third-order valence-corrected chi connectivity index (χ3v) is 6.55. The number of hydrogen-bond donors (Lipinski definition) is 2. The second-order valence-electron chi connectivity index (χ2n) is 7.42. The van der Waals surface area contributed by atoms with Crippen LogP contribution in [0.3, 0.4) is 0 Å². The third-order valence-electron chi connectivity index (χ3n) is 5.17. The molecule has 0 atom stereocenters. The van der Waals surface area contributed by atoms with Crippen molar-refractivity contribution in [1.29, 1.82) is 0 Å². The van der Waals surface area contributed by atoms with E-state index in [1.165, 1.54) is 43.5 Å². The topological polar surface area (TPSA) is 93.7 Å². The highest BCUT2D eigenvalue weighted by atomic mass is 32.2. The molecule has 3 aromatic rings. The second kappa shape index (κ2) is 10.5. The molecule has 0 saturated heterocycles. The zero-order valence-corrected chi connectivity index (χ0v) is 19.6. The molecular formula is C24H24F2N2O5S. The predicted octanol–water partition coefficient (Wildman–Crippen LogP) is 4.64. The molecular weight excluding hydrogens is 466 g/mol. The molecule has 0 aliphatic rings. The highest BCUT2D eigenvalue weighted by Gasteiger charge is 2.17. The van der Waals surface area contributed by atoms with Crippen LogP contribution in [0.5, 0.6) is 11.5 Å². The molecule has 180 valence electrons. The number of benzene rings is 3. The summed E-state index contributed by atoms with van der Waals surface area (Å²) in [5.41, 5.74) is 3.01. The number of ether oxygens (including phenoxy) is 2. The lowest BCUT2D eigenvalue weighted by Crippen LogP contribution is -2.23. The number of anilines is 1. The fourth-order valence-corrected chi connectivity index (χ4v) is 4.28. The van der Waals surface area contributed by atoms with E-state index in [2.05, 4.69) is 14.8 Å². The Bertz CT molecular complexity index is 1280. The van der Waals surface area contributed by atoms with Gasteiger partial charge in [0.1, 0.15) is 0 Å². The van der Waals surface area contributed by atoms with Gasteiger partial charge >= 0.3 is 6.61 Å². The molecule has 1 amide bonds. The Hall–Kier alpha value is -3.66. The Morgan fingerprint density at radius 1 is 1.00 bits per heavy atom. The largest absolute Gasteiger partial charge is 0.493 e. The highest BCUT2D eigenvalue weighted by molar-refractivity contribution is 7.92. The lowest BCUT2D eigenvalue weighted by molar-refractivity contribution is -0.0512. The molecule has 3 aromatic carbocycles. The summed E-state index contributed by atoms with van der Waals surface area (Å²) in [6, 6.07) is 15.2. The maximum atomic E-state index is 12.7. The van der Waals surface area contributed by atoms with Gasteiger partial charge in [0, 0.05) is 12.1 Å².